The van der Waals surface area contributed by atoms with Crippen LogP contribution in [0.3, 0.4) is 0 Å². The van der Waals surface area contributed by atoms with E-state index >= 15 is 0 Å². The van der Waals surface area contributed by atoms with Crippen LogP contribution in [0.2, 0.25) is 0 Å². The van der Waals surface area contributed by atoms with E-state index in [0.29, 0.717) is 13.1 Å². The highest BCUT2D eigenvalue weighted by Crippen LogP contribution is 2.30. The van der Waals surface area contributed by atoms with Crippen molar-refractivity contribution < 1.29 is 8.42 Å². The highest BCUT2D eigenvalue weighted by atomic mass is 32.2. The molecule has 0 N–H and O–H groups in total. The molecule has 1 fully saturated rings. The molecule has 0 unspecified atom stereocenters. The highest BCUT2D eigenvalue weighted by molar-refractivity contribution is 7.89. The van der Waals surface area contributed by atoms with Gasteiger partial charge in [-0.1, -0.05) is 0 Å². The van der Waals surface area contributed by atoms with Crippen LogP contribution in [-0.2, 0) is 17.1 Å². The molecule has 0 spiro atoms. The van der Waals surface area contributed by atoms with Crippen LogP contribution in [0.25, 0.3) is 0 Å². The lowest BCUT2D eigenvalue weighted by Crippen LogP contribution is -2.38. The Kier molecular flexibility index (Phi) is 3.96. The van der Waals surface area contributed by atoms with Gasteiger partial charge >= 0.3 is 0 Å². The van der Waals surface area contributed by atoms with Gasteiger partial charge in [-0.3, -0.25) is 0 Å². The molecule has 3 rings (SSSR count). The molecule has 0 bridgehead atoms. The van der Waals surface area contributed by atoms with Gasteiger partial charge in [-0.25, -0.2) is 23.4 Å². The molecule has 22 heavy (non-hydrogen) atoms. The van der Waals surface area contributed by atoms with Crippen molar-refractivity contribution in [3.63, 3.8) is 0 Å². The first kappa shape index (κ1) is 15.1. The third-order valence-electron chi connectivity index (χ3n) is 4.06. The number of imidazole rings is 1. The van der Waals surface area contributed by atoms with E-state index in [4.69, 9.17) is 0 Å². The molecule has 0 atom stereocenters. The molecular formula is C14H19N5O2S. The van der Waals surface area contributed by atoms with Crippen molar-refractivity contribution in [3.05, 3.63) is 36.3 Å². The second kappa shape index (κ2) is 5.77. The summed E-state index contributed by atoms with van der Waals surface area (Å²) in [5.41, 5.74) is 2.10. The number of nitrogens with zero attached hydrogens (tertiary/aromatic N) is 5. The van der Waals surface area contributed by atoms with Gasteiger partial charge in [-0.2, -0.15) is 4.31 Å². The van der Waals surface area contributed by atoms with Crippen molar-refractivity contribution in [2.75, 3.05) is 13.1 Å². The summed E-state index contributed by atoms with van der Waals surface area (Å²) >= 11 is 0. The Morgan fingerprint density at radius 3 is 2.55 bits per heavy atom. The lowest BCUT2D eigenvalue weighted by atomic mass is 9.92. The Hall–Kier alpha value is -1.80. The van der Waals surface area contributed by atoms with E-state index in [1.807, 2.05) is 6.92 Å². The largest absolute Gasteiger partial charge is 0.339 e. The number of rotatable bonds is 3. The standard InChI is InChI=1S/C14H19N5O2S/c1-11-7-15-9-16-14(11)12-3-5-19(6-4-12)22(20,21)13-8-18(2)10-17-13/h7-10,12H,3-6H2,1-2H3. The van der Waals surface area contributed by atoms with Crippen molar-refractivity contribution in [1.82, 2.24) is 23.8 Å². The second-order valence-electron chi connectivity index (χ2n) is 5.65. The maximum atomic E-state index is 12.5. The first-order chi connectivity index (χ1) is 10.5. The van der Waals surface area contributed by atoms with Gasteiger partial charge in [0.2, 0.25) is 0 Å². The van der Waals surface area contributed by atoms with Gasteiger partial charge < -0.3 is 4.57 Å². The van der Waals surface area contributed by atoms with E-state index in [1.165, 1.54) is 16.8 Å². The minimum atomic E-state index is -3.49. The molecule has 1 saturated heterocycles. The summed E-state index contributed by atoms with van der Waals surface area (Å²) < 4.78 is 28.2. The number of hydrogen-bond donors (Lipinski definition) is 0. The average Bonchev–Trinajstić information content (AvgIpc) is 2.95. The van der Waals surface area contributed by atoms with Gasteiger partial charge in [0.1, 0.15) is 6.33 Å². The number of sulfonamides is 1. The monoisotopic (exact) mass is 321 g/mol. The van der Waals surface area contributed by atoms with E-state index < -0.39 is 10.0 Å². The molecule has 0 aliphatic carbocycles. The Morgan fingerprint density at radius 2 is 1.95 bits per heavy atom. The Morgan fingerprint density at radius 1 is 1.23 bits per heavy atom. The van der Waals surface area contributed by atoms with Crippen LogP contribution >= 0.6 is 0 Å². The number of piperidine rings is 1. The lowest BCUT2D eigenvalue weighted by Gasteiger charge is -2.30. The fraction of sp³-hybridized carbons (Fsp3) is 0.500. The Labute approximate surface area is 130 Å². The van der Waals surface area contributed by atoms with Gasteiger partial charge in [-0.15, -0.1) is 0 Å². The average molecular weight is 321 g/mol. The summed E-state index contributed by atoms with van der Waals surface area (Å²) in [5, 5.41) is 0.117. The quantitative estimate of drug-likeness (QED) is 0.845. The summed E-state index contributed by atoms with van der Waals surface area (Å²) in [6, 6.07) is 0. The fourth-order valence-electron chi connectivity index (χ4n) is 2.86. The molecule has 7 nitrogen and oxygen atoms in total. The zero-order valence-corrected chi connectivity index (χ0v) is 13.5. The third kappa shape index (κ3) is 2.76. The normalized spacial score (nSPS) is 17.7. The third-order valence-corrected chi connectivity index (χ3v) is 5.85. The maximum Gasteiger partial charge on any atom is 0.262 e. The van der Waals surface area contributed by atoms with Crippen LogP contribution in [0.15, 0.2) is 30.1 Å². The molecule has 1 aliphatic rings. The maximum absolute atomic E-state index is 12.5. The molecule has 2 aromatic rings. The zero-order valence-electron chi connectivity index (χ0n) is 12.7. The molecule has 2 aromatic heterocycles. The molecule has 0 saturated carbocycles. The summed E-state index contributed by atoms with van der Waals surface area (Å²) in [6.45, 7) is 2.98. The first-order valence-electron chi connectivity index (χ1n) is 7.23. The van der Waals surface area contributed by atoms with Crippen molar-refractivity contribution in [3.8, 4) is 0 Å². The lowest BCUT2D eigenvalue weighted by molar-refractivity contribution is 0.315. The smallest absolute Gasteiger partial charge is 0.262 e. The predicted molar refractivity (Wildman–Crippen MR) is 80.7 cm³/mol. The van der Waals surface area contributed by atoms with Crippen LogP contribution in [-0.4, -0.2) is 45.3 Å². The molecule has 0 aromatic carbocycles. The zero-order chi connectivity index (χ0) is 15.7. The van der Waals surface area contributed by atoms with Crippen LogP contribution in [0.4, 0.5) is 0 Å². The van der Waals surface area contributed by atoms with Crippen molar-refractivity contribution >= 4 is 10.0 Å². The number of aromatic nitrogens is 4. The number of aryl methyl sites for hydroxylation is 2. The first-order valence-corrected chi connectivity index (χ1v) is 8.67. The molecule has 0 radical (unpaired) electrons. The van der Waals surface area contributed by atoms with E-state index in [2.05, 4.69) is 15.0 Å². The summed E-state index contributed by atoms with van der Waals surface area (Å²) in [6.07, 6.45) is 7.94. The molecule has 3 heterocycles. The van der Waals surface area contributed by atoms with Crippen LogP contribution in [0.5, 0.6) is 0 Å². The van der Waals surface area contributed by atoms with Gasteiger partial charge in [0.05, 0.1) is 6.33 Å². The highest BCUT2D eigenvalue weighted by Gasteiger charge is 2.32. The van der Waals surface area contributed by atoms with Crippen LogP contribution < -0.4 is 0 Å². The van der Waals surface area contributed by atoms with Gasteiger partial charge in [0.25, 0.3) is 10.0 Å². The molecular weight excluding hydrogens is 302 g/mol. The Balaban J connectivity index is 1.73. The SMILES string of the molecule is Cc1cncnc1C1CCN(S(=O)(=O)c2cn(C)cn2)CC1. The van der Waals surface area contributed by atoms with Crippen molar-refractivity contribution in [2.24, 2.45) is 7.05 Å². The van der Waals surface area contributed by atoms with E-state index in [9.17, 15) is 8.42 Å². The predicted octanol–water partition coefficient (Wildman–Crippen LogP) is 1.09. The minimum absolute atomic E-state index is 0.117. The summed E-state index contributed by atoms with van der Waals surface area (Å²) in [4.78, 5) is 12.3. The van der Waals surface area contributed by atoms with E-state index in [0.717, 1.165) is 24.1 Å². The fourth-order valence-corrected chi connectivity index (χ4v) is 4.30. The van der Waals surface area contributed by atoms with Crippen molar-refractivity contribution in [1.29, 1.82) is 0 Å². The van der Waals surface area contributed by atoms with E-state index in [-0.39, 0.29) is 10.9 Å². The Bertz CT molecular complexity index is 763. The van der Waals surface area contributed by atoms with Gasteiger partial charge in [-0.05, 0) is 25.3 Å². The minimum Gasteiger partial charge on any atom is -0.339 e. The second-order valence-corrected chi connectivity index (χ2v) is 7.53. The van der Waals surface area contributed by atoms with Crippen LogP contribution in [0, 0.1) is 6.92 Å². The van der Waals surface area contributed by atoms with Gasteiger partial charge in [0, 0.05) is 44.1 Å². The van der Waals surface area contributed by atoms with Crippen molar-refractivity contribution in [2.45, 2.75) is 30.7 Å². The summed E-state index contributed by atoms with van der Waals surface area (Å²) in [5.74, 6) is 0.290. The molecule has 8 heteroatoms. The molecule has 0 amide bonds. The number of hydrogen-bond acceptors (Lipinski definition) is 5. The molecule has 1 aliphatic heterocycles. The van der Waals surface area contributed by atoms with Gasteiger partial charge in [0.15, 0.2) is 5.03 Å². The van der Waals surface area contributed by atoms with Crippen LogP contribution in [0.1, 0.15) is 30.0 Å². The van der Waals surface area contributed by atoms with E-state index in [1.54, 1.807) is 24.1 Å². The topological polar surface area (TPSA) is 81.0 Å². The molecule has 118 valence electrons. The summed E-state index contributed by atoms with van der Waals surface area (Å²) in [7, 11) is -1.73.